The number of pyridine rings is 1. The summed E-state index contributed by atoms with van der Waals surface area (Å²) in [6.07, 6.45) is 2.28. The van der Waals surface area contributed by atoms with Gasteiger partial charge in [0, 0.05) is 30.4 Å². The lowest BCUT2D eigenvalue weighted by molar-refractivity contribution is -0.122. The fourth-order valence-corrected chi connectivity index (χ4v) is 4.57. The maximum Gasteiger partial charge on any atom is 0.254 e. The highest BCUT2D eigenvalue weighted by Gasteiger charge is 2.30. The van der Waals surface area contributed by atoms with Crippen LogP contribution in [0.5, 0.6) is 0 Å². The second-order valence-corrected chi connectivity index (χ2v) is 9.10. The number of rotatable bonds is 7. The molecule has 36 heavy (non-hydrogen) atoms. The zero-order chi connectivity index (χ0) is 25.8. The topological polar surface area (TPSA) is 129 Å². The quantitative estimate of drug-likeness (QED) is 0.332. The van der Waals surface area contributed by atoms with Gasteiger partial charge in [0.1, 0.15) is 11.6 Å². The van der Waals surface area contributed by atoms with E-state index in [0.717, 1.165) is 5.56 Å². The molecule has 3 aromatic rings. The third kappa shape index (κ3) is 5.48. The molecule has 4 rings (SSSR count). The highest BCUT2D eigenvalue weighted by molar-refractivity contribution is 6.30. The van der Waals surface area contributed by atoms with Crippen molar-refractivity contribution in [2.75, 3.05) is 25.9 Å². The Labute approximate surface area is 213 Å². The smallest absolute Gasteiger partial charge is 0.254 e. The number of hydrogen-bond donors (Lipinski definition) is 5. The normalized spacial score (nSPS) is 18.0. The number of benzene rings is 2. The Balaban J connectivity index is 1.54. The van der Waals surface area contributed by atoms with Gasteiger partial charge in [0.05, 0.1) is 24.3 Å². The summed E-state index contributed by atoms with van der Waals surface area (Å²) in [6, 6.07) is 11.7. The lowest BCUT2D eigenvalue weighted by Crippen LogP contribution is -2.38. The Morgan fingerprint density at radius 3 is 2.78 bits per heavy atom. The van der Waals surface area contributed by atoms with E-state index in [9.17, 15) is 14.7 Å². The predicted molar refractivity (Wildman–Crippen MR) is 136 cm³/mol. The van der Waals surface area contributed by atoms with Crippen LogP contribution < -0.4 is 21.7 Å². The molecule has 2 aromatic carbocycles. The van der Waals surface area contributed by atoms with Crippen molar-refractivity contribution in [2.24, 2.45) is 0 Å². The van der Waals surface area contributed by atoms with Crippen LogP contribution in [0, 0.1) is 5.82 Å². The van der Waals surface area contributed by atoms with Gasteiger partial charge >= 0.3 is 0 Å². The molecule has 3 atom stereocenters. The van der Waals surface area contributed by atoms with Gasteiger partial charge in [0.15, 0.2) is 0 Å². The van der Waals surface area contributed by atoms with Crippen LogP contribution in [-0.4, -0.2) is 48.1 Å². The van der Waals surface area contributed by atoms with Gasteiger partial charge in [-0.05, 0) is 59.4 Å². The molecular formula is C26H27ClFN5O3. The number of nitrogens with two attached hydrogens (primary N) is 1. The molecule has 6 N–H and O–H groups in total. The number of nitrogen functional groups attached to an aromatic ring is 1. The Bertz CT molecular complexity index is 1290. The third-order valence-corrected chi connectivity index (χ3v) is 6.60. The molecular weight excluding hydrogens is 485 g/mol. The molecule has 2 amide bonds. The Kier molecular flexibility index (Phi) is 7.83. The molecule has 1 saturated heterocycles. The van der Waals surface area contributed by atoms with Crippen LogP contribution in [0.25, 0.3) is 11.1 Å². The van der Waals surface area contributed by atoms with E-state index in [0.29, 0.717) is 34.7 Å². The van der Waals surface area contributed by atoms with Crippen molar-refractivity contribution in [3.05, 3.63) is 82.3 Å². The van der Waals surface area contributed by atoms with Crippen LogP contribution in [0.2, 0.25) is 5.02 Å². The molecule has 1 fully saturated rings. The molecule has 0 unspecified atom stereocenters. The number of carbonyl (C=O) groups excluding carboxylic acids is 2. The molecule has 1 aromatic heterocycles. The minimum absolute atomic E-state index is 0.0518. The number of aliphatic hydroxyl groups is 1. The molecule has 0 aliphatic carbocycles. The summed E-state index contributed by atoms with van der Waals surface area (Å²) >= 11 is 6.00. The number of carbonyl (C=O) groups is 2. The van der Waals surface area contributed by atoms with Gasteiger partial charge in [-0.25, -0.2) is 9.37 Å². The van der Waals surface area contributed by atoms with E-state index < -0.39 is 17.8 Å². The molecule has 2 heterocycles. The summed E-state index contributed by atoms with van der Waals surface area (Å²) in [6.45, 7) is 0.229. The molecule has 0 radical (unpaired) electrons. The van der Waals surface area contributed by atoms with Crippen molar-refractivity contribution in [3.8, 4) is 11.1 Å². The number of aliphatic hydroxyl groups excluding tert-OH is 1. The molecule has 1 aliphatic heterocycles. The Morgan fingerprint density at radius 1 is 1.28 bits per heavy atom. The highest BCUT2D eigenvalue weighted by Crippen LogP contribution is 2.32. The van der Waals surface area contributed by atoms with Gasteiger partial charge in [-0.3, -0.25) is 9.59 Å². The van der Waals surface area contributed by atoms with Crippen molar-refractivity contribution < 1.29 is 19.1 Å². The van der Waals surface area contributed by atoms with Gasteiger partial charge in [-0.15, -0.1) is 0 Å². The number of nitrogens with one attached hydrogen (secondary N) is 3. The molecule has 0 saturated carbocycles. The predicted octanol–water partition coefficient (Wildman–Crippen LogP) is 2.78. The number of anilines is 1. The summed E-state index contributed by atoms with van der Waals surface area (Å²) in [5.74, 6) is -1.20. The van der Waals surface area contributed by atoms with Crippen molar-refractivity contribution in [2.45, 2.75) is 24.4 Å². The fraction of sp³-hybridized carbons (Fsp3) is 0.269. The Hall–Kier alpha value is -3.53. The van der Waals surface area contributed by atoms with Crippen molar-refractivity contribution in [1.82, 2.24) is 20.9 Å². The average Bonchev–Trinajstić information content (AvgIpc) is 3.37. The van der Waals surface area contributed by atoms with Crippen LogP contribution in [0.3, 0.4) is 0 Å². The van der Waals surface area contributed by atoms with Crippen LogP contribution in [0.4, 0.5) is 10.2 Å². The SMILES string of the molecule is CNC(=O)[C@@H]1C[C@H](c2cnc(N)c(-c3ccc(C(=O)N[C@H](CO)c4cccc(Cl)c4)c(F)c3)c2)CN1. The van der Waals surface area contributed by atoms with Gasteiger partial charge in [-0.2, -0.15) is 0 Å². The fourth-order valence-electron chi connectivity index (χ4n) is 4.37. The number of halogens is 2. The summed E-state index contributed by atoms with van der Waals surface area (Å²) in [4.78, 5) is 29.0. The van der Waals surface area contributed by atoms with Gasteiger partial charge < -0.3 is 26.8 Å². The van der Waals surface area contributed by atoms with E-state index in [1.165, 1.54) is 12.1 Å². The molecule has 10 heteroatoms. The number of nitrogens with zero attached hydrogens (tertiary/aromatic N) is 1. The van der Waals surface area contributed by atoms with E-state index in [-0.39, 0.29) is 35.9 Å². The highest BCUT2D eigenvalue weighted by atomic mass is 35.5. The standard InChI is InChI=1S/C26H27ClFN5O3/c1-30-26(36)22-10-17(11-31-22)16-8-20(24(29)32-12-16)14-5-6-19(21(28)9-14)25(35)33-23(13-34)15-3-2-4-18(27)7-15/h2-9,12,17,22-23,31,34H,10-11,13H2,1H3,(H2,29,32)(H,30,36)(H,33,35)/t17-,22-,23+/m0/s1. The molecule has 8 nitrogen and oxygen atoms in total. The first kappa shape index (κ1) is 25.6. The third-order valence-electron chi connectivity index (χ3n) is 6.37. The van der Waals surface area contributed by atoms with Crippen molar-refractivity contribution in [1.29, 1.82) is 0 Å². The second kappa shape index (κ2) is 11.0. The Morgan fingerprint density at radius 2 is 2.08 bits per heavy atom. The zero-order valence-corrected chi connectivity index (χ0v) is 20.3. The van der Waals surface area contributed by atoms with Crippen molar-refractivity contribution in [3.63, 3.8) is 0 Å². The van der Waals surface area contributed by atoms with Crippen LogP contribution in [0.15, 0.2) is 54.7 Å². The molecule has 188 valence electrons. The van der Waals surface area contributed by atoms with E-state index in [1.54, 1.807) is 43.6 Å². The van der Waals surface area contributed by atoms with E-state index in [2.05, 4.69) is 20.9 Å². The summed E-state index contributed by atoms with van der Waals surface area (Å²) in [5, 5.41) is 18.7. The van der Waals surface area contributed by atoms with Gasteiger partial charge in [-0.1, -0.05) is 29.8 Å². The molecule has 0 spiro atoms. The summed E-state index contributed by atoms with van der Waals surface area (Å²) in [5.41, 5.74) is 8.42. The summed E-state index contributed by atoms with van der Waals surface area (Å²) < 4.78 is 15.1. The van der Waals surface area contributed by atoms with E-state index in [1.807, 2.05) is 6.07 Å². The number of hydrogen-bond acceptors (Lipinski definition) is 6. The minimum Gasteiger partial charge on any atom is -0.394 e. The minimum atomic E-state index is -0.745. The first-order valence-corrected chi connectivity index (χ1v) is 11.9. The molecule has 0 bridgehead atoms. The maximum absolute atomic E-state index is 15.1. The van der Waals surface area contributed by atoms with Crippen LogP contribution in [-0.2, 0) is 4.79 Å². The van der Waals surface area contributed by atoms with E-state index >= 15 is 4.39 Å². The monoisotopic (exact) mass is 511 g/mol. The first-order valence-electron chi connectivity index (χ1n) is 11.5. The van der Waals surface area contributed by atoms with Gasteiger partial charge in [0.25, 0.3) is 5.91 Å². The van der Waals surface area contributed by atoms with Crippen molar-refractivity contribution >= 4 is 29.2 Å². The van der Waals surface area contributed by atoms with E-state index in [4.69, 9.17) is 17.3 Å². The summed E-state index contributed by atoms with van der Waals surface area (Å²) in [7, 11) is 1.60. The maximum atomic E-state index is 15.1. The zero-order valence-electron chi connectivity index (χ0n) is 19.6. The number of likely N-dealkylation sites (N-methyl/N-ethyl adjacent to an activating group) is 1. The lowest BCUT2D eigenvalue weighted by Gasteiger charge is -2.18. The number of aromatic nitrogens is 1. The second-order valence-electron chi connectivity index (χ2n) is 8.67. The van der Waals surface area contributed by atoms with Crippen LogP contribution in [0.1, 0.15) is 39.9 Å². The molecule has 1 aliphatic rings. The largest absolute Gasteiger partial charge is 0.394 e. The van der Waals surface area contributed by atoms with Gasteiger partial charge in [0.2, 0.25) is 5.91 Å². The average molecular weight is 512 g/mol. The number of amides is 2. The lowest BCUT2D eigenvalue weighted by atomic mass is 9.94. The van der Waals surface area contributed by atoms with Crippen LogP contribution >= 0.6 is 11.6 Å². The first-order chi connectivity index (χ1) is 17.3.